The standard InChI is InChI=1S/C19H26F3N5OS.HI/c1-4-23-17(25-10-16-12-29-18(26-16)27(2)3)24-9-14-5-7-15(8-6-14)11-28-13-19(20,21)22;/h5-8,12H,4,9-11,13H2,1-3H3,(H2,23,24,25);1H. The van der Waals surface area contributed by atoms with Crippen LogP contribution in [0.5, 0.6) is 0 Å². The normalized spacial score (nSPS) is 11.7. The molecule has 6 nitrogen and oxygen atoms in total. The van der Waals surface area contributed by atoms with Crippen molar-refractivity contribution in [2.75, 3.05) is 32.1 Å². The number of aromatic nitrogens is 1. The lowest BCUT2D eigenvalue weighted by molar-refractivity contribution is -0.176. The zero-order valence-corrected chi connectivity index (χ0v) is 20.3. The third-order valence-corrected chi connectivity index (χ3v) is 4.74. The van der Waals surface area contributed by atoms with Gasteiger partial charge in [0.2, 0.25) is 0 Å². The molecule has 11 heteroatoms. The molecule has 2 aromatic rings. The highest BCUT2D eigenvalue weighted by atomic mass is 127. The summed E-state index contributed by atoms with van der Waals surface area (Å²) in [4.78, 5) is 11.0. The number of anilines is 1. The summed E-state index contributed by atoms with van der Waals surface area (Å²) < 4.78 is 41.0. The molecule has 0 spiro atoms. The molecule has 0 bridgehead atoms. The molecular weight excluding hydrogens is 530 g/mol. The summed E-state index contributed by atoms with van der Waals surface area (Å²) in [5.41, 5.74) is 2.57. The molecule has 0 saturated carbocycles. The number of nitrogens with one attached hydrogen (secondary N) is 2. The molecule has 30 heavy (non-hydrogen) atoms. The molecule has 0 radical (unpaired) electrons. The zero-order chi connectivity index (χ0) is 21.3. The Hall–Kier alpha value is -1.60. The molecular formula is C19H27F3IN5OS. The molecule has 0 aliphatic heterocycles. The van der Waals surface area contributed by atoms with Crippen LogP contribution in [0.1, 0.15) is 23.7 Å². The van der Waals surface area contributed by atoms with Gasteiger partial charge in [0.25, 0.3) is 0 Å². The lowest BCUT2D eigenvalue weighted by Crippen LogP contribution is -2.36. The van der Waals surface area contributed by atoms with Gasteiger partial charge in [-0.15, -0.1) is 35.3 Å². The Morgan fingerprint density at radius 2 is 1.83 bits per heavy atom. The van der Waals surface area contributed by atoms with Crippen LogP contribution in [0.15, 0.2) is 34.6 Å². The van der Waals surface area contributed by atoms with Crippen molar-refractivity contribution in [3.63, 3.8) is 0 Å². The van der Waals surface area contributed by atoms with Crippen LogP contribution < -0.4 is 15.5 Å². The topological polar surface area (TPSA) is 61.8 Å². The minimum absolute atomic E-state index is 0. The molecule has 0 aliphatic carbocycles. The van der Waals surface area contributed by atoms with Gasteiger partial charge in [0.1, 0.15) is 6.61 Å². The molecule has 0 amide bonds. The summed E-state index contributed by atoms with van der Waals surface area (Å²) in [7, 11) is 3.91. The van der Waals surface area contributed by atoms with E-state index in [0.717, 1.165) is 22.9 Å². The Morgan fingerprint density at radius 3 is 2.40 bits per heavy atom. The summed E-state index contributed by atoms with van der Waals surface area (Å²) in [6, 6.07) is 7.17. The van der Waals surface area contributed by atoms with Crippen molar-refractivity contribution in [3.05, 3.63) is 46.5 Å². The maximum Gasteiger partial charge on any atom is 0.411 e. The molecule has 1 aromatic heterocycles. The van der Waals surface area contributed by atoms with Crippen LogP contribution >= 0.6 is 35.3 Å². The second kappa shape index (κ2) is 13.0. The Kier molecular flexibility index (Phi) is 11.4. The summed E-state index contributed by atoms with van der Waals surface area (Å²) in [5.74, 6) is 0.671. The first-order valence-electron chi connectivity index (χ1n) is 9.13. The lowest BCUT2D eigenvalue weighted by Gasteiger charge is -2.11. The molecule has 0 unspecified atom stereocenters. The number of aliphatic imine (C=N–C) groups is 1. The molecule has 1 aromatic carbocycles. The average Bonchev–Trinajstić information content (AvgIpc) is 3.13. The van der Waals surface area contributed by atoms with Crippen molar-refractivity contribution < 1.29 is 17.9 Å². The van der Waals surface area contributed by atoms with E-state index < -0.39 is 12.8 Å². The van der Waals surface area contributed by atoms with E-state index in [1.165, 1.54) is 0 Å². The van der Waals surface area contributed by atoms with Crippen LogP contribution in [-0.4, -0.2) is 44.4 Å². The van der Waals surface area contributed by atoms with E-state index in [1.807, 2.05) is 43.4 Å². The van der Waals surface area contributed by atoms with Crippen molar-refractivity contribution >= 4 is 46.4 Å². The second-order valence-electron chi connectivity index (χ2n) is 6.49. The van der Waals surface area contributed by atoms with Gasteiger partial charge >= 0.3 is 6.18 Å². The van der Waals surface area contributed by atoms with E-state index in [-0.39, 0.29) is 30.6 Å². The van der Waals surface area contributed by atoms with Crippen LogP contribution in [-0.2, 0) is 24.4 Å². The quantitative estimate of drug-likeness (QED) is 0.276. The molecule has 0 atom stereocenters. The molecule has 0 fully saturated rings. The van der Waals surface area contributed by atoms with E-state index >= 15 is 0 Å². The van der Waals surface area contributed by atoms with E-state index in [4.69, 9.17) is 0 Å². The number of hydrogen-bond donors (Lipinski definition) is 2. The van der Waals surface area contributed by atoms with Crippen LogP contribution in [0.2, 0.25) is 0 Å². The predicted molar refractivity (Wildman–Crippen MR) is 126 cm³/mol. The number of thiazole rings is 1. The third kappa shape index (κ3) is 9.94. The SMILES string of the molecule is CCNC(=NCc1ccc(COCC(F)(F)F)cc1)NCc1csc(N(C)C)n1.I. The van der Waals surface area contributed by atoms with Gasteiger partial charge in [0, 0.05) is 26.0 Å². The van der Waals surface area contributed by atoms with Crippen LogP contribution in [0, 0.1) is 0 Å². The van der Waals surface area contributed by atoms with Crippen molar-refractivity contribution in [3.8, 4) is 0 Å². The Labute approximate surface area is 196 Å². The fourth-order valence-corrected chi connectivity index (χ4v) is 3.05. The molecule has 0 aliphatic rings. The molecule has 2 N–H and O–H groups in total. The summed E-state index contributed by atoms with van der Waals surface area (Å²) in [6.45, 7) is 2.40. The van der Waals surface area contributed by atoms with Gasteiger partial charge in [-0.2, -0.15) is 13.2 Å². The Morgan fingerprint density at radius 1 is 1.17 bits per heavy atom. The monoisotopic (exact) mass is 557 g/mol. The van der Waals surface area contributed by atoms with Gasteiger partial charge < -0.3 is 20.3 Å². The Balaban J connectivity index is 0.00000450. The second-order valence-corrected chi connectivity index (χ2v) is 7.33. The Bertz CT molecular complexity index is 781. The van der Waals surface area contributed by atoms with Gasteiger partial charge in [-0.3, -0.25) is 0 Å². The average molecular weight is 557 g/mol. The largest absolute Gasteiger partial charge is 0.411 e. The number of nitrogens with zero attached hydrogens (tertiary/aromatic N) is 3. The van der Waals surface area contributed by atoms with Crippen molar-refractivity contribution in [1.29, 1.82) is 0 Å². The number of guanidine groups is 1. The molecule has 0 saturated heterocycles. The molecule has 1 heterocycles. The van der Waals surface area contributed by atoms with E-state index in [9.17, 15) is 13.2 Å². The highest BCUT2D eigenvalue weighted by Crippen LogP contribution is 2.18. The van der Waals surface area contributed by atoms with Crippen molar-refractivity contribution in [2.24, 2.45) is 4.99 Å². The number of benzene rings is 1. The fraction of sp³-hybridized carbons (Fsp3) is 0.474. The van der Waals surface area contributed by atoms with Gasteiger partial charge in [0.15, 0.2) is 11.1 Å². The smallest absolute Gasteiger partial charge is 0.367 e. The third-order valence-electron chi connectivity index (χ3n) is 3.68. The van der Waals surface area contributed by atoms with E-state index in [0.29, 0.717) is 24.6 Å². The summed E-state index contributed by atoms with van der Waals surface area (Å²) >= 11 is 1.58. The minimum atomic E-state index is -4.31. The number of ether oxygens (including phenoxy) is 1. The first-order chi connectivity index (χ1) is 13.8. The highest BCUT2D eigenvalue weighted by molar-refractivity contribution is 14.0. The summed E-state index contributed by atoms with van der Waals surface area (Å²) in [5, 5.41) is 9.39. The maximum absolute atomic E-state index is 12.1. The summed E-state index contributed by atoms with van der Waals surface area (Å²) in [6.07, 6.45) is -4.31. The van der Waals surface area contributed by atoms with Crippen molar-refractivity contribution in [1.82, 2.24) is 15.6 Å². The zero-order valence-electron chi connectivity index (χ0n) is 17.1. The fourth-order valence-electron chi connectivity index (χ4n) is 2.29. The molecule has 2 rings (SSSR count). The first kappa shape index (κ1) is 26.4. The minimum Gasteiger partial charge on any atom is -0.367 e. The molecule has 168 valence electrons. The van der Waals surface area contributed by atoms with Gasteiger partial charge in [-0.25, -0.2) is 9.98 Å². The maximum atomic E-state index is 12.1. The number of halogens is 4. The van der Waals surface area contributed by atoms with Crippen molar-refractivity contribution in [2.45, 2.75) is 32.8 Å². The van der Waals surface area contributed by atoms with Gasteiger partial charge in [-0.05, 0) is 18.1 Å². The van der Waals surface area contributed by atoms with Gasteiger partial charge in [0.05, 0.1) is 25.4 Å². The first-order valence-corrected chi connectivity index (χ1v) is 10.0. The lowest BCUT2D eigenvalue weighted by atomic mass is 10.1. The highest BCUT2D eigenvalue weighted by Gasteiger charge is 2.27. The van der Waals surface area contributed by atoms with Crippen LogP contribution in [0.25, 0.3) is 0 Å². The predicted octanol–water partition coefficient (Wildman–Crippen LogP) is 4.16. The van der Waals surface area contributed by atoms with Crippen LogP contribution in [0.4, 0.5) is 18.3 Å². The number of hydrogen-bond acceptors (Lipinski definition) is 5. The van der Waals surface area contributed by atoms with Gasteiger partial charge in [-0.1, -0.05) is 24.3 Å². The number of alkyl halides is 3. The number of rotatable bonds is 9. The van der Waals surface area contributed by atoms with E-state index in [1.54, 1.807) is 23.5 Å². The van der Waals surface area contributed by atoms with Crippen LogP contribution in [0.3, 0.4) is 0 Å². The van der Waals surface area contributed by atoms with E-state index in [2.05, 4.69) is 25.3 Å².